The van der Waals surface area contributed by atoms with Crippen LogP contribution in [0.25, 0.3) is 0 Å². The van der Waals surface area contributed by atoms with Crippen molar-refractivity contribution in [2.75, 3.05) is 7.11 Å². The SMILES string of the molecule is COC(=O)[C@@H]1[C@@H](O)CC[C@]2(C)C(O[Si](C)(C)C(C)(C)C)CC[C@@H]12. The van der Waals surface area contributed by atoms with Crippen LogP contribution in [0.15, 0.2) is 0 Å². The Morgan fingerprint density at radius 2 is 1.83 bits per heavy atom. The van der Waals surface area contributed by atoms with Crippen molar-refractivity contribution in [2.45, 2.75) is 83.7 Å². The van der Waals surface area contributed by atoms with Crippen molar-refractivity contribution < 1.29 is 19.1 Å². The molecule has 23 heavy (non-hydrogen) atoms. The van der Waals surface area contributed by atoms with Crippen LogP contribution < -0.4 is 0 Å². The van der Waals surface area contributed by atoms with Crippen LogP contribution in [0.4, 0.5) is 0 Å². The molecule has 1 unspecified atom stereocenters. The Labute approximate surface area is 142 Å². The molecule has 2 aliphatic carbocycles. The maximum absolute atomic E-state index is 12.2. The molecule has 134 valence electrons. The molecule has 0 aromatic carbocycles. The Balaban J connectivity index is 2.24. The maximum atomic E-state index is 12.2. The van der Waals surface area contributed by atoms with E-state index in [4.69, 9.17) is 9.16 Å². The normalized spacial score (nSPS) is 38.3. The van der Waals surface area contributed by atoms with Crippen molar-refractivity contribution in [1.82, 2.24) is 0 Å². The quantitative estimate of drug-likeness (QED) is 0.627. The fourth-order valence-electron chi connectivity index (χ4n) is 4.26. The van der Waals surface area contributed by atoms with E-state index in [1.165, 1.54) is 7.11 Å². The van der Waals surface area contributed by atoms with Crippen LogP contribution in [0, 0.1) is 17.3 Å². The molecule has 2 rings (SSSR count). The van der Waals surface area contributed by atoms with Gasteiger partial charge in [-0.05, 0) is 55.1 Å². The zero-order valence-corrected chi connectivity index (χ0v) is 16.8. The summed E-state index contributed by atoms with van der Waals surface area (Å²) in [5, 5.41) is 10.5. The molecule has 0 amide bonds. The molecule has 2 aliphatic rings. The maximum Gasteiger partial charge on any atom is 0.311 e. The second-order valence-corrected chi connectivity index (χ2v) is 14.0. The van der Waals surface area contributed by atoms with E-state index in [1.807, 2.05) is 0 Å². The lowest BCUT2D eigenvalue weighted by atomic mass is 9.62. The van der Waals surface area contributed by atoms with Gasteiger partial charge in [-0.15, -0.1) is 0 Å². The number of carbonyl (C=O) groups excluding carboxylic acids is 1. The van der Waals surface area contributed by atoms with Gasteiger partial charge in [0.2, 0.25) is 0 Å². The second-order valence-electron chi connectivity index (χ2n) is 9.21. The number of fused-ring (bicyclic) bond motifs is 1. The van der Waals surface area contributed by atoms with Gasteiger partial charge in [0.15, 0.2) is 8.32 Å². The van der Waals surface area contributed by atoms with E-state index in [0.29, 0.717) is 6.42 Å². The first kappa shape index (κ1) is 18.9. The molecular formula is C18H34O4Si. The first-order chi connectivity index (χ1) is 10.4. The third kappa shape index (κ3) is 3.24. The van der Waals surface area contributed by atoms with Gasteiger partial charge in [0.05, 0.1) is 25.2 Å². The highest BCUT2D eigenvalue weighted by molar-refractivity contribution is 6.74. The van der Waals surface area contributed by atoms with Crippen molar-refractivity contribution in [3.63, 3.8) is 0 Å². The third-order valence-corrected chi connectivity index (χ3v) is 11.4. The van der Waals surface area contributed by atoms with Crippen molar-refractivity contribution in [2.24, 2.45) is 17.3 Å². The minimum absolute atomic E-state index is 0.0341. The highest BCUT2D eigenvalue weighted by Gasteiger charge is 2.58. The lowest BCUT2D eigenvalue weighted by Gasteiger charge is -2.48. The summed E-state index contributed by atoms with van der Waals surface area (Å²) < 4.78 is 11.7. The molecule has 0 aliphatic heterocycles. The average molecular weight is 343 g/mol. The zero-order valence-electron chi connectivity index (χ0n) is 15.8. The Morgan fingerprint density at radius 1 is 1.22 bits per heavy atom. The fraction of sp³-hybridized carbons (Fsp3) is 0.944. The molecule has 5 atom stereocenters. The van der Waals surface area contributed by atoms with Gasteiger partial charge in [-0.25, -0.2) is 0 Å². The van der Waals surface area contributed by atoms with E-state index >= 15 is 0 Å². The Hall–Kier alpha value is -0.393. The number of rotatable bonds is 3. The summed E-state index contributed by atoms with van der Waals surface area (Å²) in [5.41, 5.74) is -0.0341. The first-order valence-corrected chi connectivity index (χ1v) is 11.8. The minimum Gasteiger partial charge on any atom is -0.469 e. The van der Waals surface area contributed by atoms with Gasteiger partial charge in [-0.3, -0.25) is 4.79 Å². The molecule has 4 nitrogen and oxygen atoms in total. The predicted octanol–water partition coefficient (Wildman–Crippen LogP) is 3.74. The lowest BCUT2D eigenvalue weighted by Crippen LogP contribution is -2.52. The van der Waals surface area contributed by atoms with Gasteiger partial charge in [0.1, 0.15) is 0 Å². The van der Waals surface area contributed by atoms with Crippen LogP contribution in [0.5, 0.6) is 0 Å². The first-order valence-electron chi connectivity index (χ1n) is 8.88. The van der Waals surface area contributed by atoms with Crippen molar-refractivity contribution in [3.05, 3.63) is 0 Å². The van der Waals surface area contributed by atoms with E-state index in [-0.39, 0.29) is 28.4 Å². The number of esters is 1. The number of ether oxygens (including phenoxy) is 1. The molecule has 0 spiro atoms. The molecular weight excluding hydrogens is 308 g/mol. The minimum atomic E-state index is -1.85. The number of aliphatic hydroxyl groups is 1. The van der Waals surface area contributed by atoms with Crippen LogP contribution in [0.3, 0.4) is 0 Å². The van der Waals surface area contributed by atoms with Crippen molar-refractivity contribution in [1.29, 1.82) is 0 Å². The summed E-state index contributed by atoms with van der Waals surface area (Å²) >= 11 is 0. The van der Waals surface area contributed by atoms with Crippen molar-refractivity contribution in [3.8, 4) is 0 Å². The van der Waals surface area contributed by atoms with Gasteiger partial charge >= 0.3 is 5.97 Å². The van der Waals surface area contributed by atoms with Crippen LogP contribution in [0.1, 0.15) is 53.4 Å². The summed E-state index contributed by atoms with van der Waals surface area (Å²) in [6, 6.07) is 0. The van der Waals surface area contributed by atoms with Crippen molar-refractivity contribution >= 4 is 14.3 Å². The molecule has 5 heteroatoms. The Bertz CT molecular complexity index is 456. The summed E-state index contributed by atoms with van der Waals surface area (Å²) in [4.78, 5) is 12.2. The largest absolute Gasteiger partial charge is 0.469 e. The topological polar surface area (TPSA) is 55.8 Å². The van der Waals surface area contributed by atoms with E-state index in [2.05, 4.69) is 40.8 Å². The van der Waals surface area contributed by atoms with Gasteiger partial charge in [-0.2, -0.15) is 0 Å². The molecule has 0 aromatic heterocycles. The van der Waals surface area contributed by atoms with Gasteiger partial charge in [0, 0.05) is 0 Å². The molecule has 0 saturated heterocycles. The summed E-state index contributed by atoms with van der Waals surface area (Å²) in [5.74, 6) is -0.498. The van der Waals surface area contributed by atoms with Crippen LogP contribution in [-0.4, -0.2) is 38.7 Å². The molecule has 0 heterocycles. The lowest BCUT2D eigenvalue weighted by molar-refractivity contribution is -0.160. The summed E-state index contributed by atoms with van der Waals surface area (Å²) in [7, 11) is -0.430. The zero-order chi connectivity index (χ0) is 17.6. The standard InChI is InChI=1S/C18H34O4Si/c1-17(2,3)23(6,7)22-14-9-8-12-15(16(20)21-5)13(19)10-11-18(12,14)4/h12-15,19H,8-11H2,1-7H3/t12-,13-,14?,15-,18-/m0/s1. The molecule has 0 radical (unpaired) electrons. The highest BCUT2D eigenvalue weighted by Crippen LogP contribution is 2.57. The summed E-state index contributed by atoms with van der Waals surface area (Å²) in [6.07, 6.45) is 3.11. The second kappa shape index (κ2) is 6.16. The molecule has 0 bridgehead atoms. The number of methoxy groups -OCH3 is 1. The Kier molecular flexibility index (Phi) is 5.07. The molecule has 2 fully saturated rings. The van der Waals surface area contributed by atoms with Crippen LogP contribution in [0.2, 0.25) is 18.1 Å². The van der Waals surface area contributed by atoms with E-state index < -0.39 is 20.3 Å². The Morgan fingerprint density at radius 3 is 2.35 bits per heavy atom. The smallest absolute Gasteiger partial charge is 0.311 e. The summed E-state index contributed by atoms with van der Waals surface area (Å²) in [6.45, 7) is 13.6. The molecule has 0 aromatic rings. The third-order valence-electron chi connectivity index (χ3n) is 6.87. The molecule has 1 N–H and O–H groups in total. The highest BCUT2D eigenvalue weighted by atomic mass is 28.4. The van der Waals surface area contributed by atoms with E-state index in [9.17, 15) is 9.90 Å². The van der Waals surface area contributed by atoms with E-state index in [0.717, 1.165) is 19.3 Å². The number of aliphatic hydroxyl groups excluding tert-OH is 1. The van der Waals surface area contributed by atoms with Gasteiger partial charge < -0.3 is 14.3 Å². The predicted molar refractivity (Wildman–Crippen MR) is 93.6 cm³/mol. The van der Waals surface area contributed by atoms with Crippen LogP contribution >= 0.6 is 0 Å². The number of hydrogen-bond acceptors (Lipinski definition) is 4. The van der Waals surface area contributed by atoms with Crippen LogP contribution in [-0.2, 0) is 14.0 Å². The number of hydrogen-bond donors (Lipinski definition) is 1. The molecule has 2 saturated carbocycles. The number of carbonyl (C=O) groups is 1. The van der Waals surface area contributed by atoms with E-state index in [1.54, 1.807) is 0 Å². The van der Waals surface area contributed by atoms with Gasteiger partial charge in [-0.1, -0.05) is 27.7 Å². The fourth-order valence-corrected chi connectivity index (χ4v) is 5.71. The van der Waals surface area contributed by atoms with Gasteiger partial charge in [0.25, 0.3) is 0 Å². The average Bonchev–Trinajstić information content (AvgIpc) is 2.74. The monoisotopic (exact) mass is 342 g/mol.